The third kappa shape index (κ3) is 4.45. The average Bonchev–Trinajstić information content (AvgIpc) is 3.14. The fraction of sp³-hybridized carbons (Fsp3) is 0.136. The van der Waals surface area contributed by atoms with Crippen LogP contribution in [-0.4, -0.2) is 21.6 Å². The predicted octanol–water partition coefficient (Wildman–Crippen LogP) is 6.36. The number of carbonyl (C=O) groups excluding carboxylic acids is 1. The molecule has 0 atom stereocenters. The topological polar surface area (TPSA) is 54.9 Å². The molecular formula is C22H18ClN3OS2. The summed E-state index contributed by atoms with van der Waals surface area (Å²) < 4.78 is 0. The summed E-state index contributed by atoms with van der Waals surface area (Å²) in [6.07, 6.45) is 1.55. The van der Waals surface area contributed by atoms with E-state index in [0.717, 1.165) is 37.6 Å². The first kappa shape index (κ1) is 19.9. The molecule has 2 aromatic heterocycles. The van der Waals surface area contributed by atoms with Crippen LogP contribution in [0.3, 0.4) is 0 Å². The number of anilines is 1. The molecule has 2 aromatic carbocycles. The fourth-order valence-electron chi connectivity index (χ4n) is 2.95. The number of amides is 1. The number of benzene rings is 2. The van der Waals surface area contributed by atoms with Crippen molar-refractivity contribution in [2.24, 2.45) is 0 Å². The summed E-state index contributed by atoms with van der Waals surface area (Å²) in [5.41, 5.74) is 5.13. The third-order valence-electron chi connectivity index (χ3n) is 4.51. The summed E-state index contributed by atoms with van der Waals surface area (Å²) in [6, 6.07) is 13.9. The van der Waals surface area contributed by atoms with Gasteiger partial charge in [0.15, 0.2) is 0 Å². The normalized spacial score (nSPS) is 11.0. The summed E-state index contributed by atoms with van der Waals surface area (Å²) in [4.78, 5) is 22.3. The number of thiophene rings is 1. The molecule has 1 amide bonds. The van der Waals surface area contributed by atoms with E-state index in [-0.39, 0.29) is 11.7 Å². The number of rotatable bonds is 5. The third-order valence-corrected chi connectivity index (χ3v) is 6.62. The molecule has 0 aliphatic rings. The van der Waals surface area contributed by atoms with Gasteiger partial charge in [0.2, 0.25) is 5.91 Å². The Kier molecular flexibility index (Phi) is 5.85. The van der Waals surface area contributed by atoms with Crippen molar-refractivity contribution in [1.29, 1.82) is 0 Å². The molecule has 0 saturated heterocycles. The van der Waals surface area contributed by atoms with Gasteiger partial charge in [0.1, 0.15) is 16.2 Å². The number of thioether (sulfide) groups is 1. The van der Waals surface area contributed by atoms with E-state index in [1.54, 1.807) is 23.7 Å². The number of hydrogen-bond donors (Lipinski definition) is 1. The highest BCUT2D eigenvalue weighted by molar-refractivity contribution is 8.00. The number of nitrogens with zero attached hydrogens (tertiary/aromatic N) is 2. The molecule has 4 aromatic rings. The number of halogens is 1. The molecule has 146 valence electrons. The molecule has 7 heteroatoms. The summed E-state index contributed by atoms with van der Waals surface area (Å²) >= 11 is 9.04. The highest BCUT2D eigenvalue weighted by Gasteiger charge is 2.15. The van der Waals surface area contributed by atoms with Crippen LogP contribution in [-0.2, 0) is 4.79 Å². The van der Waals surface area contributed by atoms with E-state index >= 15 is 0 Å². The lowest BCUT2D eigenvalue weighted by atomic mass is 10.1. The maximum absolute atomic E-state index is 12.5. The molecular weight excluding hydrogens is 422 g/mol. The fourth-order valence-corrected chi connectivity index (χ4v) is 4.92. The van der Waals surface area contributed by atoms with Gasteiger partial charge in [-0.2, -0.15) is 0 Å². The smallest absolute Gasteiger partial charge is 0.234 e. The van der Waals surface area contributed by atoms with E-state index in [9.17, 15) is 4.79 Å². The molecule has 0 radical (unpaired) electrons. The molecule has 0 bridgehead atoms. The number of hydrogen-bond acceptors (Lipinski definition) is 5. The van der Waals surface area contributed by atoms with Crippen LogP contribution < -0.4 is 5.32 Å². The molecule has 29 heavy (non-hydrogen) atoms. The van der Waals surface area contributed by atoms with Crippen molar-refractivity contribution in [1.82, 2.24) is 9.97 Å². The van der Waals surface area contributed by atoms with Gasteiger partial charge in [0.25, 0.3) is 0 Å². The van der Waals surface area contributed by atoms with Gasteiger partial charge >= 0.3 is 0 Å². The second kappa shape index (κ2) is 8.53. The SMILES string of the molecule is Cc1ccc(-c2csc3ncnc(SCC(=O)Nc4cc(Cl)ccc4C)c23)cc1. The second-order valence-corrected chi connectivity index (χ2v) is 8.93. The quantitative estimate of drug-likeness (QED) is 0.290. The molecule has 4 nitrogen and oxygen atoms in total. The van der Waals surface area contributed by atoms with Crippen LogP contribution >= 0.6 is 34.7 Å². The van der Waals surface area contributed by atoms with Gasteiger partial charge in [-0.05, 0) is 37.1 Å². The zero-order chi connectivity index (χ0) is 20.4. The van der Waals surface area contributed by atoms with Crippen molar-refractivity contribution < 1.29 is 4.79 Å². The molecule has 0 unspecified atom stereocenters. The Hall–Kier alpha value is -2.41. The van der Waals surface area contributed by atoms with Gasteiger partial charge in [-0.1, -0.05) is 59.3 Å². The molecule has 0 aliphatic heterocycles. The van der Waals surface area contributed by atoms with Crippen molar-refractivity contribution in [2.45, 2.75) is 18.9 Å². The molecule has 0 spiro atoms. The summed E-state index contributed by atoms with van der Waals surface area (Å²) in [5.74, 6) is 0.153. The number of nitrogens with one attached hydrogen (secondary N) is 1. The Morgan fingerprint density at radius 2 is 1.93 bits per heavy atom. The van der Waals surface area contributed by atoms with Crippen LogP contribution in [0.15, 0.2) is 59.2 Å². The largest absolute Gasteiger partial charge is 0.325 e. The molecule has 4 rings (SSSR count). The van der Waals surface area contributed by atoms with Crippen molar-refractivity contribution in [2.75, 3.05) is 11.1 Å². The van der Waals surface area contributed by atoms with Gasteiger partial charge < -0.3 is 5.32 Å². The second-order valence-electron chi connectivity index (χ2n) is 6.67. The van der Waals surface area contributed by atoms with Crippen molar-refractivity contribution in [3.8, 4) is 11.1 Å². The molecule has 2 heterocycles. The van der Waals surface area contributed by atoms with E-state index in [1.165, 1.54) is 17.3 Å². The van der Waals surface area contributed by atoms with Crippen molar-refractivity contribution in [3.63, 3.8) is 0 Å². The van der Waals surface area contributed by atoms with Crippen molar-refractivity contribution in [3.05, 3.63) is 70.3 Å². The lowest BCUT2D eigenvalue weighted by Crippen LogP contribution is -2.15. The van der Waals surface area contributed by atoms with Crippen LogP contribution in [0.1, 0.15) is 11.1 Å². The number of aromatic nitrogens is 2. The zero-order valence-electron chi connectivity index (χ0n) is 15.9. The van der Waals surface area contributed by atoms with Gasteiger partial charge in [0, 0.05) is 21.7 Å². The van der Waals surface area contributed by atoms with E-state index in [0.29, 0.717) is 5.02 Å². The minimum Gasteiger partial charge on any atom is -0.325 e. The average molecular weight is 440 g/mol. The molecule has 0 saturated carbocycles. The highest BCUT2D eigenvalue weighted by atomic mass is 35.5. The van der Waals surface area contributed by atoms with E-state index in [4.69, 9.17) is 11.6 Å². The van der Waals surface area contributed by atoms with Gasteiger partial charge in [-0.3, -0.25) is 4.79 Å². The Morgan fingerprint density at radius 3 is 2.72 bits per heavy atom. The molecule has 0 aliphatic carbocycles. The van der Waals surface area contributed by atoms with E-state index < -0.39 is 0 Å². The minimum atomic E-state index is -0.0979. The zero-order valence-corrected chi connectivity index (χ0v) is 18.3. The maximum atomic E-state index is 12.5. The highest BCUT2D eigenvalue weighted by Crippen LogP contribution is 2.38. The molecule has 0 fully saturated rings. The monoisotopic (exact) mass is 439 g/mol. The number of fused-ring (bicyclic) bond motifs is 1. The van der Waals surface area contributed by atoms with Gasteiger partial charge in [-0.25, -0.2) is 9.97 Å². The van der Waals surface area contributed by atoms with Gasteiger partial charge in [0.05, 0.1) is 11.1 Å². The number of aryl methyl sites for hydroxylation is 2. The standard InChI is InChI=1S/C22H18ClN3OS2/c1-13-3-6-15(7-4-13)17-10-28-21-20(17)22(25-12-24-21)29-11-19(27)26-18-9-16(23)8-5-14(18)2/h3-10,12H,11H2,1-2H3,(H,26,27). The predicted molar refractivity (Wildman–Crippen MR) is 123 cm³/mol. The van der Waals surface area contributed by atoms with Crippen LogP contribution in [0.4, 0.5) is 5.69 Å². The van der Waals surface area contributed by atoms with Crippen LogP contribution in [0.5, 0.6) is 0 Å². The first-order chi connectivity index (χ1) is 14.0. The van der Waals surface area contributed by atoms with Gasteiger partial charge in [-0.15, -0.1) is 11.3 Å². The lowest BCUT2D eigenvalue weighted by molar-refractivity contribution is -0.113. The summed E-state index contributed by atoms with van der Waals surface area (Å²) in [5, 5.41) is 7.43. The molecule has 1 N–H and O–H groups in total. The van der Waals surface area contributed by atoms with Crippen LogP contribution in [0.25, 0.3) is 21.3 Å². The van der Waals surface area contributed by atoms with Crippen LogP contribution in [0.2, 0.25) is 5.02 Å². The summed E-state index contributed by atoms with van der Waals surface area (Å²) in [7, 11) is 0. The lowest BCUT2D eigenvalue weighted by Gasteiger charge is -2.09. The minimum absolute atomic E-state index is 0.0979. The Labute approximate surface area is 182 Å². The van der Waals surface area contributed by atoms with E-state index in [1.807, 2.05) is 19.1 Å². The first-order valence-corrected chi connectivity index (χ1v) is 11.2. The maximum Gasteiger partial charge on any atom is 0.234 e. The first-order valence-electron chi connectivity index (χ1n) is 8.99. The summed E-state index contributed by atoms with van der Waals surface area (Å²) in [6.45, 7) is 4.01. The Morgan fingerprint density at radius 1 is 1.14 bits per heavy atom. The number of carbonyl (C=O) groups is 1. The Bertz CT molecular complexity index is 1190. The Balaban J connectivity index is 1.56. The van der Waals surface area contributed by atoms with E-state index in [2.05, 4.69) is 51.9 Å². The van der Waals surface area contributed by atoms with Crippen molar-refractivity contribution >= 4 is 56.5 Å². The van der Waals surface area contributed by atoms with Crippen LogP contribution in [0, 0.1) is 13.8 Å².